The van der Waals surface area contributed by atoms with Gasteiger partial charge in [0.15, 0.2) is 5.69 Å². The molecule has 2 rings (SSSR count). The van der Waals surface area contributed by atoms with Crippen molar-refractivity contribution < 1.29 is 9.53 Å². The zero-order valence-electron chi connectivity index (χ0n) is 12.7. The molecule has 0 spiro atoms. The number of aromatic nitrogens is 1. The average Bonchev–Trinajstić information content (AvgIpc) is 2.49. The largest absolute Gasteiger partial charge is 0.464 e. The fourth-order valence-electron chi connectivity index (χ4n) is 2.07. The molecule has 2 aromatic rings. The molecule has 1 aromatic carbocycles. The number of carbonyl (C=O) groups excluding carboxylic acids is 1. The van der Waals surface area contributed by atoms with Gasteiger partial charge in [0, 0.05) is 19.7 Å². The predicted octanol–water partition coefficient (Wildman–Crippen LogP) is 4.14. The minimum Gasteiger partial charge on any atom is -0.464 e. The summed E-state index contributed by atoms with van der Waals surface area (Å²) in [6.07, 6.45) is 0. The average molecular weight is 375 g/mol. The van der Waals surface area contributed by atoms with E-state index in [2.05, 4.69) is 9.72 Å². The van der Waals surface area contributed by atoms with Gasteiger partial charge in [0.2, 0.25) is 0 Å². The van der Waals surface area contributed by atoms with E-state index in [1.54, 1.807) is 23.1 Å². The minimum atomic E-state index is -0.679. The van der Waals surface area contributed by atoms with Gasteiger partial charge in [-0.15, -0.1) is 0 Å². The minimum absolute atomic E-state index is 0.0403. The number of anilines is 2. The lowest BCUT2D eigenvalue weighted by atomic mass is 10.1. The van der Waals surface area contributed by atoms with Crippen LogP contribution in [0.25, 0.3) is 11.3 Å². The number of pyridine rings is 1. The van der Waals surface area contributed by atoms with E-state index in [1.807, 2.05) is 14.1 Å². The van der Waals surface area contributed by atoms with Crippen molar-refractivity contribution >= 4 is 52.1 Å². The molecule has 2 N–H and O–H groups in total. The fraction of sp³-hybridized carbons (Fsp3) is 0.200. The van der Waals surface area contributed by atoms with E-state index >= 15 is 0 Å². The highest BCUT2D eigenvalue weighted by Crippen LogP contribution is 2.40. The number of carbonyl (C=O) groups is 1. The molecule has 0 bridgehead atoms. The standard InChI is InChI=1S/C15H14Cl3N3O2/c1-21(2)14-8(16)5-4-7(11(14)17)10-6-9(19)12(18)13(20-10)15(22)23-3/h4-6H,1-3H3,(H2,19,20). The van der Waals surface area contributed by atoms with E-state index in [0.29, 0.717) is 27.0 Å². The summed E-state index contributed by atoms with van der Waals surface area (Å²) in [7, 11) is 4.88. The molecule has 1 heterocycles. The van der Waals surface area contributed by atoms with E-state index < -0.39 is 5.97 Å². The highest BCUT2D eigenvalue weighted by molar-refractivity contribution is 6.41. The zero-order chi connectivity index (χ0) is 17.3. The third-order valence-electron chi connectivity index (χ3n) is 3.15. The SMILES string of the molecule is COC(=O)c1nc(-c2ccc(Cl)c(N(C)C)c2Cl)cc(N)c1Cl. The molecule has 0 saturated heterocycles. The molecular formula is C15H14Cl3N3O2. The van der Waals surface area contributed by atoms with Crippen molar-refractivity contribution in [3.63, 3.8) is 0 Å². The van der Waals surface area contributed by atoms with Crippen LogP contribution in [0.5, 0.6) is 0 Å². The van der Waals surface area contributed by atoms with Gasteiger partial charge in [-0.05, 0) is 18.2 Å². The Morgan fingerprint density at radius 2 is 1.87 bits per heavy atom. The van der Waals surface area contributed by atoms with Gasteiger partial charge in [-0.2, -0.15) is 0 Å². The van der Waals surface area contributed by atoms with E-state index in [9.17, 15) is 4.79 Å². The van der Waals surface area contributed by atoms with Crippen LogP contribution in [0.3, 0.4) is 0 Å². The summed E-state index contributed by atoms with van der Waals surface area (Å²) >= 11 is 18.6. The van der Waals surface area contributed by atoms with Crippen LogP contribution in [0.4, 0.5) is 11.4 Å². The highest BCUT2D eigenvalue weighted by atomic mass is 35.5. The third kappa shape index (κ3) is 3.32. The monoisotopic (exact) mass is 373 g/mol. The van der Waals surface area contributed by atoms with E-state index in [4.69, 9.17) is 40.5 Å². The Balaban J connectivity index is 2.71. The van der Waals surface area contributed by atoms with Crippen molar-refractivity contribution in [1.82, 2.24) is 4.98 Å². The van der Waals surface area contributed by atoms with Crippen LogP contribution in [0.15, 0.2) is 18.2 Å². The van der Waals surface area contributed by atoms with Gasteiger partial charge in [-0.3, -0.25) is 0 Å². The molecular weight excluding hydrogens is 361 g/mol. The first-order valence-electron chi connectivity index (χ1n) is 6.48. The number of halogens is 3. The van der Waals surface area contributed by atoms with Crippen LogP contribution >= 0.6 is 34.8 Å². The smallest absolute Gasteiger partial charge is 0.358 e. The van der Waals surface area contributed by atoms with Crippen LogP contribution in [-0.4, -0.2) is 32.2 Å². The molecule has 0 aliphatic heterocycles. The lowest BCUT2D eigenvalue weighted by Gasteiger charge is -2.19. The molecule has 122 valence electrons. The summed E-state index contributed by atoms with van der Waals surface area (Å²) in [6.45, 7) is 0. The summed E-state index contributed by atoms with van der Waals surface area (Å²) in [4.78, 5) is 17.8. The molecule has 0 atom stereocenters. The van der Waals surface area contributed by atoms with Gasteiger partial charge >= 0.3 is 5.97 Å². The molecule has 1 aromatic heterocycles. The number of ether oxygens (including phenoxy) is 1. The summed E-state index contributed by atoms with van der Waals surface area (Å²) in [6, 6.07) is 4.94. The molecule has 8 heteroatoms. The number of hydrogen-bond donors (Lipinski definition) is 1. The van der Waals surface area contributed by atoms with Gasteiger partial charge in [-0.25, -0.2) is 9.78 Å². The number of nitrogens with zero attached hydrogens (tertiary/aromatic N) is 2. The Hall–Kier alpha value is -1.69. The maximum atomic E-state index is 11.8. The van der Waals surface area contributed by atoms with Crippen LogP contribution in [-0.2, 0) is 4.74 Å². The van der Waals surface area contributed by atoms with Crippen LogP contribution in [0.1, 0.15) is 10.5 Å². The Kier molecular flexibility index (Phi) is 5.24. The number of hydrogen-bond acceptors (Lipinski definition) is 5. The number of rotatable bonds is 3. The molecule has 23 heavy (non-hydrogen) atoms. The molecule has 0 radical (unpaired) electrons. The molecule has 5 nitrogen and oxygen atoms in total. The first-order chi connectivity index (χ1) is 10.8. The van der Waals surface area contributed by atoms with Crippen LogP contribution in [0, 0.1) is 0 Å². The Labute approximate surface area is 148 Å². The molecule has 0 unspecified atom stereocenters. The zero-order valence-corrected chi connectivity index (χ0v) is 14.9. The van der Waals surface area contributed by atoms with E-state index in [-0.39, 0.29) is 16.4 Å². The van der Waals surface area contributed by atoms with Crippen molar-refractivity contribution in [3.05, 3.63) is 39.0 Å². The number of benzene rings is 1. The maximum absolute atomic E-state index is 11.8. The van der Waals surface area contributed by atoms with Crippen molar-refractivity contribution in [2.45, 2.75) is 0 Å². The molecule has 0 aliphatic carbocycles. The number of nitrogens with two attached hydrogens (primary N) is 1. The van der Waals surface area contributed by atoms with E-state index in [0.717, 1.165) is 0 Å². The normalized spacial score (nSPS) is 10.5. The van der Waals surface area contributed by atoms with Crippen molar-refractivity contribution in [1.29, 1.82) is 0 Å². The Bertz CT molecular complexity index is 779. The van der Waals surface area contributed by atoms with Crippen LogP contribution in [0.2, 0.25) is 15.1 Å². The maximum Gasteiger partial charge on any atom is 0.358 e. The second-order valence-electron chi connectivity index (χ2n) is 4.90. The summed E-state index contributed by atoms with van der Waals surface area (Å²) < 4.78 is 4.67. The van der Waals surface area contributed by atoms with Gasteiger partial charge in [0.05, 0.1) is 39.2 Å². The lowest BCUT2D eigenvalue weighted by Crippen LogP contribution is -2.11. The van der Waals surface area contributed by atoms with Gasteiger partial charge in [0.25, 0.3) is 0 Å². The molecule has 0 aliphatic rings. The number of nitrogen functional groups attached to an aromatic ring is 1. The predicted molar refractivity (Wildman–Crippen MR) is 94.8 cm³/mol. The summed E-state index contributed by atoms with van der Waals surface area (Å²) in [5, 5.41) is 0.935. The van der Waals surface area contributed by atoms with Gasteiger partial charge < -0.3 is 15.4 Å². The third-order valence-corrected chi connectivity index (χ3v) is 4.24. The summed E-state index contributed by atoms with van der Waals surface area (Å²) in [5.41, 5.74) is 7.62. The van der Waals surface area contributed by atoms with E-state index in [1.165, 1.54) is 7.11 Å². The van der Waals surface area contributed by atoms with Gasteiger partial charge in [-0.1, -0.05) is 34.8 Å². The van der Waals surface area contributed by atoms with Crippen molar-refractivity contribution in [2.75, 3.05) is 31.8 Å². The quantitative estimate of drug-likeness (QED) is 0.818. The topological polar surface area (TPSA) is 68.5 Å². The highest BCUT2D eigenvalue weighted by Gasteiger charge is 2.20. The van der Waals surface area contributed by atoms with Crippen molar-refractivity contribution in [2.24, 2.45) is 0 Å². The van der Waals surface area contributed by atoms with Gasteiger partial charge in [0.1, 0.15) is 0 Å². The Morgan fingerprint density at radius 3 is 2.43 bits per heavy atom. The number of esters is 1. The molecule has 0 fully saturated rings. The molecule has 0 saturated carbocycles. The first kappa shape index (κ1) is 17.7. The molecule has 0 amide bonds. The van der Waals surface area contributed by atoms with Crippen LogP contribution < -0.4 is 10.6 Å². The first-order valence-corrected chi connectivity index (χ1v) is 7.61. The Morgan fingerprint density at radius 1 is 1.22 bits per heavy atom. The summed E-state index contributed by atoms with van der Waals surface area (Å²) in [5.74, 6) is -0.679. The second kappa shape index (κ2) is 6.83. The van der Waals surface area contributed by atoms with Crippen molar-refractivity contribution in [3.8, 4) is 11.3 Å². The second-order valence-corrected chi connectivity index (χ2v) is 6.07. The lowest BCUT2D eigenvalue weighted by molar-refractivity contribution is 0.0594. The fourth-order valence-corrected chi connectivity index (χ4v) is 3.05. The number of methoxy groups -OCH3 is 1.